The van der Waals surface area contributed by atoms with Crippen LogP contribution in [0.15, 0.2) is 24.4 Å². The number of carbonyl (C=O) groups is 1. The monoisotopic (exact) mass is 259 g/mol. The second kappa shape index (κ2) is 4.93. The van der Waals surface area contributed by atoms with Gasteiger partial charge in [0, 0.05) is 6.20 Å². The topological polar surface area (TPSA) is 98.3 Å². The van der Waals surface area contributed by atoms with Gasteiger partial charge < -0.3 is 15.6 Å². The molecule has 2 aromatic rings. The largest absolute Gasteiger partial charge is 0.496 e. The van der Waals surface area contributed by atoms with Crippen LogP contribution in [0.25, 0.3) is 11.4 Å². The van der Waals surface area contributed by atoms with E-state index in [1.165, 1.54) is 6.20 Å². The van der Waals surface area contributed by atoms with Crippen molar-refractivity contribution >= 4 is 11.8 Å². The summed E-state index contributed by atoms with van der Waals surface area (Å²) in [5, 5.41) is 8.88. The lowest BCUT2D eigenvalue weighted by Gasteiger charge is -2.09. The van der Waals surface area contributed by atoms with Gasteiger partial charge in [0.25, 0.3) is 0 Å². The molecule has 0 bridgehead atoms. The van der Waals surface area contributed by atoms with Crippen LogP contribution in [0.3, 0.4) is 0 Å². The van der Waals surface area contributed by atoms with Gasteiger partial charge in [-0.1, -0.05) is 6.07 Å². The molecular weight excluding hydrogens is 246 g/mol. The zero-order valence-electron chi connectivity index (χ0n) is 10.5. The highest BCUT2D eigenvalue weighted by atomic mass is 16.5. The van der Waals surface area contributed by atoms with E-state index in [0.29, 0.717) is 17.1 Å². The maximum atomic E-state index is 10.9. The van der Waals surface area contributed by atoms with E-state index < -0.39 is 5.97 Å². The molecule has 2 rings (SSSR count). The van der Waals surface area contributed by atoms with Gasteiger partial charge in [0.05, 0.1) is 12.7 Å². The molecule has 0 saturated carbocycles. The molecule has 0 unspecified atom stereocenters. The highest BCUT2D eigenvalue weighted by molar-refractivity contribution is 5.92. The summed E-state index contributed by atoms with van der Waals surface area (Å²) in [6.07, 6.45) is 1.19. The van der Waals surface area contributed by atoms with Crippen LogP contribution >= 0.6 is 0 Å². The Morgan fingerprint density at radius 2 is 2.16 bits per heavy atom. The molecule has 0 saturated heterocycles. The quantitative estimate of drug-likeness (QED) is 0.871. The standard InChI is InChI=1S/C13H13N3O3/c1-7-3-4-8(10(5-7)19-2)12-15-6-9(13(17)18)11(14)16-12/h3-6H,1-2H3,(H,17,18)(H2,14,15,16). The van der Waals surface area contributed by atoms with Gasteiger partial charge in [-0.15, -0.1) is 0 Å². The highest BCUT2D eigenvalue weighted by Crippen LogP contribution is 2.28. The number of aryl methyl sites for hydroxylation is 1. The van der Waals surface area contributed by atoms with E-state index in [1.54, 1.807) is 7.11 Å². The Labute approximate surface area is 109 Å². The summed E-state index contributed by atoms with van der Waals surface area (Å²) in [5.41, 5.74) is 7.19. The first kappa shape index (κ1) is 12.8. The molecule has 0 aliphatic carbocycles. The smallest absolute Gasteiger partial charge is 0.341 e. The number of nitrogen functional groups attached to an aromatic ring is 1. The van der Waals surface area contributed by atoms with Crippen LogP contribution in [0.1, 0.15) is 15.9 Å². The van der Waals surface area contributed by atoms with E-state index in [9.17, 15) is 4.79 Å². The number of carboxylic acids is 1. The summed E-state index contributed by atoms with van der Waals surface area (Å²) in [6.45, 7) is 1.94. The van der Waals surface area contributed by atoms with Gasteiger partial charge in [0.2, 0.25) is 0 Å². The average Bonchev–Trinajstić information content (AvgIpc) is 2.37. The number of rotatable bonds is 3. The Morgan fingerprint density at radius 3 is 2.74 bits per heavy atom. The fourth-order valence-electron chi connectivity index (χ4n) is 1.67. The van der Waals surface area contributed by atoms with Crippen molar-refractivity contribution in [2.45, 2.75) is 6.92 Å². The number of anilines is 1. The van der Waals surface area contributed by atoms with Gasteiger partial charge in [0.15, 0.2) is 5.82 Å². The molecule has 19 heavy (non-hydrogen) atoms. The number of ether oxygens (including phenoxy) is 1. The number of aromatic carboxylic acids is 1. The normalized spacial score (nSPS) is 10.2. The van der Waals surface area contributed by atoms with Crippen molar-refractivity contribution in [2.24, 2.45) is 0 Å². The van der Waals surface area contributed by atoms with Gasteiger partial charge in [0.1, 0.15) is 17.1 Å². The molecule has 0 spiro atoms. The number of nitrogens with zero attached hydrogens (tertiary/aromatic N) is 2. The number of carboxylic acid groups (broad SMARTS) is 1. The summed E-state index contributed by atoms with van der Waals surface area (Å²) in [4.78, 5) is 18.9. The van der Waals surface area contributed by atoms with E-state index in [2.05, 4.69) is 9.97 Å². The van der Waals surface area contributed by atoms with Crippen LogP contribution in [0.2, 0.25) is 0 Å². The van der Waals surface area contributed by atoms with Crippen molar-refractivity contribution in [3.63, 3.8) is 0 Å². The Bertz CT molecular complexity index is 641. The SMILES string of the molecule is COc1cc(C)ccc1-c1ncc(C(=O)O)c(N)n1. The molecular formula is C13H13N3O3. The van der Waals surface area contributed by atoms with E-state index in [-0.39, 0.29) is 11.4 Å². The Kier molecular flexibility index (Phi) is 3.33. The van der Waals surface area contributed by atoms with Crippen molar-refractivity contribution in [3.8, 4) is 17.1 Å². The van der Waals surface area contributed by atoms with Crippen LogP contribution in [0.4, 0.5) is 5.82 Å². The molecule has 0 aliphatic heterocycles. The minimum Gasteiger partial charge on any atom is -0.496 e. The molecule has 1 heterocycles. The fourth-order valence-corrected chi connectivity index (χ4v) is 1.67. The lowest BCUT2D eigenvalue weighted by atomic mass is 10.1. The summed E-state index contributed by atoms with van der Waals surface area (Å²) >= 11 is 0. The molecule has 0 aliphatic rings. The first-order chi connectivity index (χ1) is 9.02. The maximum Gasteiger partial charge on any atom is 0.341 e. The van der Waals surface area contributed by atoms with Gasteiger partial charge in [-0.05, 0) is 24.6 Å². The lowest BCUT2D eigenvalue weighted by molar-refractivity contribution is 0.0697. The van der Waals surface area contributed by atoms with Gasteiger partial charge >= 0.3 is 5.97 Å². The molecule has 3 N–H and O–H groups in total. The summed E-state index contributed by atoms with van der Waals surface area (Å²) in [7, 11) is 1.55. The first-order valence-electron chi connectivity index (χ1n) is 5.53. The number of nitrogens with two attached hydrogens (primary N) is 1. The third-order valence-corrected chi connectivity index (χ3v) is 2.65. The number of hydrogen-bond donors (Lipinski definition) is 2. The highest BCUT2D eigenvalue weighted by Gasteiger charge is 2.14. The van der Waals surface area contributed by atoms with Crippen LogP contribution in [-0.4, -0.2) is 28.2 Å². The van der Waals surface area contributed by atoms with Gasteiger partial charge in [-0.2, -0.15) is 0 Å². The summed E-state index contributed by atoms with van der Waals surface area (Å²) < 4.78 is 5.26. The van der Waals surface area contributed by atoms with Crippen molar-refractivity contribution in [3.05, 3.63) is 35.5 Å². The minimum atomic E-state index is -1.15. The minimum absolute atomic E-state index is 0.0693. The summed E-state index contributed by atoms with van der Waals surface area (Å²) in [6, 6.07) is 5.55. The van der Waals surface area contributed by atoms with E-state index >= 15 is 0 Å². The second-order valence-corrected chi connectivity index (χ2v) is 4.00. The molecule has 0 fully saturated rings. The molecule has 98 valence electrons. The van der Waals surface area contributed by atoms with E-state index in [4.69, 9.17) is 15.6 Å². The Morgan fingerprint density at radius 1 is 1.42 bits per heavy atom. The van der Waals surface area contributed by atoms with Gasteiger partial charge in [-0.3, -0.25) is 0 Å². The Hall–Kier alpha value is -2.63. The third kappa shape index (κ3) is 2.47. The number of aromatic nitrogens is 2. The zero-order valence-corrected chi connectivity index (χ0v) is 10.5. The van der Waals surface area contributed by atoms with Crippen molar-refractivity contribution in [1.82, 2.24) is 9.97 Å². The molecule has 0 radical (unpaired) electrons. The Balaban J connectivity index is 2.54. The molecule has 1 aromatic heterocycles. The predicted molar refractivity (Wildman–Crippen MR) is 70.1 cm³/mol. The third-order valence-electron chi connectivity index (χ3n) is 2.65. The molecule has 6 heteroatoms. The molecule has 6 nitrogen and oxygen atoms in total. The second-order valence-electron chi connectivity index (χ2n) is 4.00. The molecule has 1 aromatic carbocycles. The molecule has 0 atom stereocenters. The number of methoxy groups -OCH3 is 1. The fraction of sp³-hybridized carbons (Fsp3) is 0.154. The van der Waals surface area contributed by atoms with E-state index in [1.807, 2.05) is 25.1 Å². The van der Waals surface area contributed by atoms with Crippen molar-refractivity contribution < 1.29 is 14.6 Å². The number of benzene rings is 1. The van der Waals surface area contributed by atoms with Crippen LogP contribution in [-0.2, 0) is 0 Å². The predicted octanol–water partition coefficient (Wildman–Crippen LogP) is 1.74. The number of hydrogen-bond acceptors (Lipinski definition) is 5. The van der Waals surface area contributed by atoms with Crippen molar-refractivity contribution in [1.29, 1.82) is 0 Å². The molecule has 0 amide bonds. The van der Waals surface area contributed by atoms with Crippen LogP contribution in [0.5, 0.6) is 5.75 Å². The van der Waals surface area contributed by atoms with Gasteiger partial charge in [-0.25, -0.2) is 14.8 Å². The lowest BCUT2D eigenvalue weighted by Crippen LogP contribution is -2.07. The zero-order chi connectivity index (χ0) is 14.0. The maximum absolute atomic E-state index is 10.9. The summed E-state index contributed by atoms with van der Waals surface area (Å²) in [5.74, 6) is -0.276. The van der Waals surface area contributed by atoms with Crippen LogP contribution < -0.4 is 10.5 Å². The van der Waals surface area contributed by atoms with Crippen LogP contribution in [0, 0.1) is 6.92 Å². The van der Waals surface area contributed by atoms with E-state index in [0.717, 1.165) is 5.56 Å². The average molecular weight is 259 g/mol. The van der Waals surface area contributed by atoms with Crippen molar-refractivity contribution in [2.75, 3.05) is 12.8 Å². The first-order valence-corrected chi connectivity index (χ1v) is 5.53.